The molecule has 176 valence electrons. The number of likely N-dealkylation sites (tertiary alicyclic amines) is 1. The predicted octanol–water partition coefficient (Wildman–Crippen LogP) is 2.10. The van der Waals surface area contributed by atoms with Crippen LogP contribution in [0.15, 0.2) is 29.3 Å². The minimum atomic E-state index is -0.950. The largest absolute Gasteiger partial charge is 0.497 e. The van der Waals surface area contributed by atoms with E-state index >= 15 is 0 Å². The molecule has 0 amide bonds. The van der Waals surface area contributed by atoms with E-state index in [-0.39, 0.29) is 23.0 Å². The summed E-state index contributed by atoms with van der Waals surface area (Å²) in [6, 6.07) is 8.22. The lowest BCUT2D eigenvalue weighted by Crippen LogP contribution is -2.53. The number of piperidine rings is 1. The zero-order valence-electron chi connectivity index (χ0n) is 19.2. The molecule has 2 aromatic rings. The molecule has 4 heterocycles. The molecule has 3 fully saturated rings. The number of fused-ring (bicyclic) bond motifs is 1. The number of aliphatic hydroxyl groups excluding tert-OH is 1. The Balaban J connectivity index is 1.21. The van der Waals surface area contributed by atoms with Gasteiger partial charge in [-0.2, -0.15) is 5.10 Å². The van der Waals surface area contributed by atoms with Gasteiger partial charge < -0.3 is 30.5 Å². The number of aliphatic imine (C=N–C) groups is 1. The Kier molecular flexibility index (Phi) is 4.73. The highest BCUT2D eigenvalue weighted by Gasteiger charge is 2.51. The topological polar surface area (TPSA) is 121 Å². The van der Waals surface area contributed by atoms with Gasteiger partial charge in [0.1, 0.15) is 5.75 Å². The maximum absolute atomic E-state index is 11.1. The average molecular weight is 453 g/mol. The molecule has 1 saturated carbocycles. The summed E-state index contributed by atoms with van der Waals surface area (Å²) < 4.78 is 11.1. The van der Waals surface area contributed by atoms with Gasteiger partial charge in [0.15, 0.2) is 12.0 Å². The van der Waals surface area contributed by atoms with E-state index in [1.54, 1.807) is 7.11 Å². The summed E-state index contributed by atoms with van der Waals surface area (Å²) in [6.07, 6.45) is 3.07. The van der Waals surface area contributed by atoms with Crippen molar-refractivity contribution in [3.63, 3.8) is 0 Å². The van der Waals surface area contributed by atoms with Crippen molar-refractivity contribution >= 4 is 11.8 Å². The summed E-state index contributed by atoms with van der Waals surface area (Å²) in [4.78, 5) is 6.83. The average Bonchev–Trinajstić information content (AvgIpc) is 3.46. The third kappa shape index (κ3) is 3.17. The van der Waals surface area contributed by atoms with Crippen LogP contribution in [0.4, 0.5) is 5.82 Å². The van der Waals surface area contributed by atoms with Crippen LogP contribution >= 0.6 is 0 Å². The van der Waals surface area contributed by atoms with Crippen LogP contribution in [0, 0.1) is 5.41 Å². The number of methoxy groups -OCH3 is 1. The van der Waals surface area contributed by atoms with E-state index in [0.717, 1.165) is 62.4 Å². The van der Waals surface area contributed by atoms with Crippen LogP contribution in [0.1, 0.15) is 55.7 Å². The van der Waals surface area contributed by atoms with Crippen molar-refractivity contribution in [2.24, 2.45) is 16.1 Å². The molecule has 1 aromatic heterocycles. The molecule has 1 aromatic carbocycles. The van der Waals surface area contributed by atoms with Gasteiger partial charge >= 0.3 is 0 Å². The first-order chi connectivity index (χ1) is 16.0. The van der Waals surface area contributed by atoms with Gasteiger partial charge in [-0.1, -0.05) is 12.1 Å². The molecule has 1 unspecified atom stereocenters. The fraction of sp³-hybridized carbons (Fsp3) is 0.583. The second-order valence-corrected chi connectivity index (χ2v) is 10.0. The third-order valence-corrected chi connectivity index (χ3v) is 8.31. The van der Waals surface area contributed by atoms with Gasteiger partial charge in [0.05, 0.1) is 31.1 Å². The number of nitrogens with one attached hydrogen (secondary N) is 2. The van der Waals surface area contributed by atoms with Crippen molar-refractivity contribution in [3.8, 4) is 5.75 Å². The highest BCUT2D eigenvalue weighted by atomic mass is 16.5. The monoisotopic (exact) mass is 452 g/mol. The van der Waals surface area contributed by atoms with Gasteiger partial charge in [-0.05, 0) is 50.3 Å². The number of nitrogens with two attached hydrogens (primary N) is 1. The molecule has 0 radical (unpaired) electrons. The number of benzene rings is 1. The summed E-state index contributed by atoms with van der Waals surface area (Å²) in [5.41, 5.74) is 9.25. The Morgan fingerprint density at radius 3 is 2.52 bits per heavy atom. The quantitative estimate of drug-likeness (QED) is 0.563. The maximum Gasteiger partial charge on any atom is 0.202 e. The van der Waals surface area contributed by atoms with Crippen LogP contribution in [0.5, 0.6) is 5.75 Å². The molecule has 9 nitrogen and oxygen atoms in total. The molecule has 0 bridgehead atoms. The van der Waals surface area contributed by atoms with Crippen LogP contribution in [0.3, 0.4) is 0 Å². The number of guanidine groups is 1. The summed E-state index contributed by atoms with van der Waals surface area (Å²) in [7, 11) is 1.67. The Morgan fingerprint density at radius 2 is 1.91 bits per heavy atom. The Hall–Kier alpha value is -2.62. The van der Waals surface area contributed by atoms with E-state index in [2.05, 4.69) is 44.5 Å². The first-order valence-electron chi connectivity index (χ1n) is 11.8. The number of ether oxygens (including phenoxy) is 2. The fourth-order valence-corrected chi connectivity index (χ4v) is 5.90. The summed E-state index contributed by atoms with van der Waals surface area (Å²) >= 11 is 0. The van der Waals surface area contributed by atoms with Crippen LogP contribution in [0.2, 0.25) is 0 Å². The normalized spacial score (nSPS) is 29.4. The lowest BCUT2D eigenvalue weighted by Gasteiger charge is -2.42. The second kappa shape index (κ2) is 7.44. The lowest BCUT2D eigenvalue weighted by atomic mass is 9.73. The minimum absolute atomic E-state index is 0.0468. The molecule has 3 aliphatic heterocycles. The zero-order valence-corrected chi connectivity index (χ0v) is 19.2. The molecule has 4 aliphatic rings. The van der Waals surface area contributed by atoms with Gasteiger partial charge in [0.25, 0.3) is 0 Å². The molecule has 6 rings (SSSR count). The van der Waals surface area contributed by atoms with Gasteiger partial charge in [-0.3, -0.25) is 5.10 Å². The van der Waals surface area contributed by atoms with Gasteiger partial charge in [-0.15, -0.1) is 0 Å². The Morgan fingerprint density at radius 1 is 1.18 bits per heavy atom. The number of nitrogens with zero attached hydrogens (tertiary/aromatic N) is 3. The van der Waals surface area contributed by atoms with E-state index in [9.17, 15) is 5.11 Å². The Labute approximate surface area is 193 Å². The van der Waals surface area contributed by atoms with Crippen LogP contribution in [-0.4, -0.2) is 65.1 Å². The SMILES string of the molecule is COc1ccc(C2(c3[nH]nc4c3C(O)N=C(N3CCC5(CC3)CO[C@@H](C)[C@H]5N)N4)CC2)cc1. The molecule has 1 spiro atoms. The van der Waals surface area contributed by atoms with E-state index in [4.69, 9.17) is 15.2 Å². The predicted molar refractivity (Wildman–Crippen MR) is 124 cm³/mol. The number of anilines is 1. The Bertz CT molecular complexity index is 1070. The maximum atomic E-state index is 11.1. The van der Waals surface area contributed by atoms with Crippen LogP contribution in [-0.2, 0) is 10.2 Å². The first-order valence-corrected chi connectivity index (χ1v) is 11.8. The summed E-state index contributed by atoms with van der Waals surface area (Å²) in [5.74, 6) is 2.18. The van der Waals surface area contributed by atoms with Crippen molar-refractivity contribution in [1.29, 1.82) is 0 Å². The minimum Gasteiger partial charge on any atom is -0.497 e. The smallest absolute Gasteiger partial charge is 0.202 e. The fourth-order valence-electron chi connectivity index (χ4n) is 5.90. The summed E-state index contributed by atoms with van der Waals surface area (Å²) in [5, 5.41) is 22.2. The standard InChI is InChI=1S/C24H32N6O3/c1-14-18(25)23(13-33-14)9-11-30(12-10-23)22-26-20-17(21(31)27-22)19(28-29-20)24(7-8-24)15-3-5-16(32-2)6-4-15/h3-6,14,18,21,31H,7-13,25H2,1-2H3,(H2,26,27,28,29)/t14-,18+,21?/m0/s1. The second-order valence-electron chi connectivity index (χ2n) is 10.0. The molecule has 3 atom stereocenters. The number of aromatic nitrogens is 2. The van der Waals surface area contributed by atoms with Crippen LogP contribution in [0.25, 0.3) is 0 Å². The number of rotatable bonds is 3. The van der Waals surface area contributed by atoms with Crippen molar-refractivity contribution in [3.05, 3.63) is 41.1 Å². The summed E-state index contributed by atoms with van der Waals surface area (Å²) in [6.45, 7) is 4.44. The van der Waals surface area contributed by atoms with E-state index in [0.29, 0.717) is 11.8 Å². The highest BCUT2D eigenvalue weighted by Crippen LogP contribution is 2.56. The van der Waals surface area contributed by atoms with Crippen LogP contribution < -0.4 is 15.8 Å². The lowest BCUT2D eigenvalue weighted by molar-refractivity contribution is 0.0833. The van der Waals surface area contributed by atoms with Crippen molar-refractivity contribution in [2.75, 3.05) is 32.1 Å². The van der Waals surface area contributed by atoms with Crippen molar-refractivity contribution < 1.29 is 14.6 Å². The molecule has 1 aliphatic carbocycles. The number of aromatic amines is 1. The zero-order chi connectivity index (χ0) is 22.8. The van der Waals surface area contributed by atoms with E-state index in [1.807, 2.05) is 12.1 Å². The molecule has 9 heteroatoms. The van der Waals surface area contributed by atoms with Gasteiger partial charge in [0, 0.05) is 30.0 Å². The van der Waals surface area contributed by atoms with Gasteiger partial charge in [-0.25, -0.2) is 4.99 Å². The molecule has 5 N–H and O–H groups in total. The first kappa shape index (κ1) is 20.9. The molecular weight excluding hydrogens is 420 g/mol. The highest BCUT2D eigenvalue weighted by molar-refractivity contribution is 5.95. The van der Waals surface area contributed by atoms with Gasteiger partial charge in [0.2, 0.25) is 5.96 Å². The third-order valence-electron chi connectivity index (χ3n) is 8.31. The van der Waals surface area contributed by atoms with Crippen molar-refractivity contribution in [2.45, 2.75) is 56.4 Å². The number of hydrogen-bond acceptors (Lipinski definition) is 8. The van der Waals surface area contributed by atoms with Crippen molar-refractivity contribution in [1.82, 2.24) is 15.1 Å². The molecule has 2 saturated heterocycles. The van der Waals surface area contributed by atoms with E-state index < -0.39 is 6.23 Å². The van der Waals surface area contributed by atoms with E-state index in [1.165, 1.54) is 5.56 Å². The molecule has 33 heavy (non-hydrogen) atoms. The number of aliphatic hydroxyl groups is 1. The molecular formula is C24H32N6O3. The number of hydrogen-bond donors (Lipinski definition) is 4. The number of H-pyrrole nitrogens is 1.